The molecule has 1 N–H and O–H groups in total. The second-order valence-electron chi connectivity index (χ2n) is 6.00. The molecule has 0 aromatic carbocycles. The summed E-state index contributed by atoms with van der Waals surface area (Å²) in [7, 11) is 0. The van der Waals surface area contributed by atoms with Gasteiger partial charge in [-0.1, -0.05) is 20.8 Å². The maximum atomic E-state index is 5.60. The lowest BCUT2D eigenvalue weighted by Gasteiger charge is -2.20. The summed E-state index contributed by atoms with van der Waals surface area (Å²) in [5.41, 5.74) is 0.998. The van der Waals surface area contributed by atoms with Crippen LogP contribution in [-0.2, 0) is 6.42 Å². The highest BCUT2D eigenvalue weighted by molar-refractivity contribution is 5.09. The third-order valence-electron chi connectivity index (χ3n) is 2.91. The van der Waals surface area contributed by atoms with E-state index in [1.165, 1.54) is 0 Å². The highest BCUT2D eigenvalue weighted by Gasteiger charge is 2.13. The molecule has 1 rings (SSSR count). The topological polar surface area (TPSA) is 47.0 Å². The Morgan fingerprint density at radius 1 is 1.20 bits per heavy atom. The molecule has 1 aromatic heterocycles. The average molecular weight is 279 g/mol. The van der Waals surface area contributed by atoms with Crippen molar-refractivity contribution in [2.45, 2.75) is 66.0 Å². The molecule has 1 unspecified atom stereocenters. The van der Waals surface area contributed by atoms with Crippen molar-refractivity contribution in [1.82, 2.24) is 15.3 Å². The third-order valence-corrected chi connectivity index (χ3v) is 2.91. The van der Waals surface area contributed by atoms with E-state index in [4.69, 9.17) is 4.74 Å². The van der Waals surface area contributed by atoms with Crippen molar-refractivity contribution in [2.24, 2.45) is 5.92 Å². The summed E-state index contributed by atoms with van der Waals surface area (Å²) in [4.78, 5) is 8.78. The molecule has 1 heterocycles. The Morgan fingerprint density at radius 2 is 1.95 bits per heavy atom. The molecule has 0 aliphatic rings. The van der Waals surface area contributed by atoms with E-state index >= 15 is 0 Å². The molecule has 0 radical (unpaired) electrons. The summed E-state index contributed by atoms with van der Waals surface area (Å²) in [5, 5.41) is 3.60. The van der Waals surface area contributed by atoms with Crippen LogP contribution < -0.4 is 10.1 Å². The van der Waals surface area contributed by atoms with E-state index in [2.05, 4.69) is 36.1 Å². The van der Waals surface area contributed by atoms with Gasteiger partial charge in [0.25, 0.3) is 0 Å². The molecule has 1 atom stereocenters. The van der Waals surface area contributed by atoms with Crippen LogP contribution in [0.25, 0.3) is 0 Å². The monoisotopic (exact) mass is 279 g/mol. The minimum atomic E-state index is 0.129. The standard InChI is InChI=1S/C16H29N3O/c1-6-7-18-14(8-12(2)3)9-15-10-17-11-16(19-15)20-13(4)5/h10-14,18H,6-9H2,1-5H3. The van der Waals surface area contributed by atoms with Gasteiger partial charge in [-0.15, -0.1) is 0 Å². The van der Waals surface area contributed by atoms with Crippen LogP contribution in [0.2, 0.25) is 0 Å². The summed E-state index contributed by atoms with van der Waals surface area (Å²) in [6.07, 6.45) is 6.85. The smallest absolute Gasteiger partial charge is 0.232 e. The predicted molar refractivity (Wildman–Crippen MR) is 83.0 cm³/mol. The lowest BCUT2D eigenvalue weighted by molar-refractivity contribution is 0.230. The zero-order valence-corrected chi connectivity index (χ0v) is 13.5. The molecule has 0 fully saturated rings. The Labute approximate surface area is 123 Å². The van der Waals surface area contributed by atoms with Crippen molar-refractivity contribution in [3.8, 4) is 5.88 Å². The fourth-order valence-electron chi connectivity index (χ4n) is 2.19. The second kappa shape index (κ2) is 8.90. The lowest BCUT2D eigenvalue weighted by atomic mass is 10.00. The maximum absolute atomic E-state index is 5.60. The molecule has 0 saturated carbocycles. The Hall–Kier alpha value is -1.16. The van der Waals surface area contributed by atoms with Gasteiger partial charge >= 0.3 is 0 Å². The number of rotatable bonds is 9. The summed E-state index contributed by atoms with van der Waals surface area (Å²) < 4.78 is 5.60. The van der Waals surface area contributed by atoms with Crippen molar-refractivity contribution in [3.63, 3.8) is 0 Å². The number of aromatic nitrogens is 2. The van der Waals surface area contributed by atoms with Gasteiger partial charge in [0.15, 0.2) is 0 Å². The molecule has 0 bridgehead atoms. The fourth-order valence-corrected chi connectivity index (χ4v) is 2.19. The van der Waals surface area contributed by atoms with E-state index in [9.17, 15) is 0 Å². The van der Waals surface area contributed by atoms with Gasteiger partial charge < -0.3 is 10.1 Å². The molecule has 4 heteroatoms. The zero-order valence-electron chi connectivity index (χ0n) is 13.5. The van der Waals surface area contributed by atoms with Gasteiger partial charge in [0.05, 0.1) is 18.0 Å². The van der Waals surface area contributed by atoms with Crippen molar-refractivity contribution >= 4 is 0 Å². The van der Waals surface area contributed by atoms with Gasteiger partial charge in [0.1, 0.15) is 0 Å². The first kappa shape index (κ1) is 16.9. The van der Waals surface area contributed by atoms with Crippen LogP contribution in [0.5, 0.6) is 5.88 Å². The summed E-state index contributed by atoms with van der Waals surface area (Å²) >= 11 is 0. The number of hydrogen-bond acceptors (Lipinski definition) is 4. The van der Waals surface area contributed by atoms with Crippen LogP contribution in [0.3, 0.4) is 0 Å². The van der Waals surface area contributed by atoms with Crippen molar-refractivity contribution in [2.75, 3.05) is 6.54 Å². The molecule has 1 aromatic rings. The van der Waals surface area contributed by atoms with Gasteiger partial charge in [0, 0.05) is 18.7 Å². The van der Waals surface area contributed by atoms with E-state index in [1.54, 1.807) is 6.20 Å². The normalized spacial score (nSPS) is 12.9. The first-order valence-corrected chi connectivity index (χ1v) is 7.72. The van der Waals surface area contributed by atoms with E-state index < -0.39 is 0 Å². The van der Waals surface area contributed by atoms with Crippen molar-refractivity contribution in [1.29, 1.82) is 0 Å². The molecule has 20 heavy (non-hydrogen) atoms. The van der Waals surface area contributed by atoms with Gasteiger partial charge in [0.2, 0.25) is 5.88 Å². The Balaban J connectivity index is 2.66. The van der Waals surface area contributed by atoms with Crippen molar-refractivity contribution < 1.29 is 4.74 Å². The van der Waals surface area contributed by atoms with E-state index in [-0.39, 0.29) is 6.10 Å². The molecule has 0 spiro atoms. The lowest BCUT2D eigenvalue weighted by Crippen LogP contribution is -2.33. The predicted octanol–water partition coefficient (Wildman–Crippen LogP) is 3.22. The van der Waals surface area contributed by atoms with E-state index in [0.29, 0.717) is 17.8 Å². The Morgan fingerprint density at radius 3 is 2.55 bits per heavy atom. The van der Waals surface area contributed by atoms with Gasteiger partial charge in [-0.25, -0.2) is 4.98 Å². The SMILES string of the molecule is CCCNC(Cc1cncc(OC(C)C)n1)CC(C)C. The van der Waals surface area contributed by atoms with E-state index in [1.807, 2.05) is 20.0 Å². The molecule has 0 aliphatic heterocycles. The number of nitrogens with zero attached hydrogens (tertiary/aromatic N) is 2. The van der Waals surface area contributed by atoms with Gasteiger partial charge in [-0.05, 0) is 39.2 Å². The summed E-state index contributed by atoms with van der Waals surface area (Å²) in [5.74, 6) is 1.30. The van der Waals surface area contributed by atoms with E-state index in [0.717, 1.165) is 31.5 Å². The van der Waals surface area contributed by atoms with Crippen LogP contribution in [0, 0.1) is 5.92 Å². The molecule has 0 saturated heterocycles. The largest absolute Gasteiger partial charge is 0.474 e. The molecule has 0 amide bonds. The zero-order chi connectivity index (χ0) is 15.0. The van der Waals surface area contributed by atoms with Gasteiger partial charge in [-0.3, -0.25) is 4.98 Å². The Kier molecular flexibility index (Phi) is 7.52. The number of ether oxygens (including phenoxy) is 1. The highest BCUT2D eigenvalue weighted by Crippen LogP contribution is 2.12. The molecular formula is C16H29N3O. The summed E-state index contributed by atoms with van der Waals surface area (Å²) in [6.45, 7) is 11.7. The molecule has 114 valence electrons. The minimum Gasteiger partial charge on any atom is -0.474 e. The quantitative estimate of drug-likeness (QED) is 0.754. The first-order chi connectivity index (χ1) is 9.51. The fraction of sp³-hybridized carbons (Fsp3) is 0.750. The molecule has 0 aliphatic carbocycles. The molecule has 4 nitrogen and oxygen atoms in total. The summed E-state index contributed by atoms with van der Waals surface area (Å²) in [6, 6.07) is 0.457. The third kappa shape index (κ3) is 6.85. The minimum absolute atomic E-state index is 0.129. The molecular weight excluding hydrogens is 250 g/mol. The first-order valence-electron chi connectivity index (χ1n) is 7.72. The van der Waals surface area contributed by atoms with Crippen LogP contribution in [-0.4, -0.2) is 28.7 Å². The van der Waals surface area contributed by atoms with Crippen molar-refractivity contribution in [3.05, 3.63) is 18.1 Å². The van der Waals surface area contributed by atoms with Crippen LogP contribution in [0.15, 0.2) is 12.4 Å². The highest BCUT2D eigenvalue weighted by atomic mass is 16.5. The average Bonchev–Trinajstić information content (AvgIpc) is 2.35. The maximum Gasteiger partial charge on any atom is 0.232 e. The number of nitrogens with one attached hydrogen (secondary N) is 1. The Bertz CT molecular complexity index is 380. The number of hydrogen-bond donors (Lipinski definition) is 1. The van der Waals surface area contributed by atoms with Crippen LogP contribution in [0.4, 0.5) is 0 Å². The van der Waals surface area contributed by atoms with Gasteiger partial charge in [-0.2, -0.15) is 0 Å². The van der Waals surface area contributed by atoms with Crippen LogP contribution in [0.1, 0.15) is 53.2 Å². The van der Waals surface area contributed by atoms with Crippen LogP contribution >= 0.6 is 0 Å². The second-order valence-corrected chi connectivity index (χ2v) is 6.00.